The smallest absolute Gasteiger partial charge is 0.225 e. The molecule has 1 heterocycles. The first-order valence-electron chi connectivity index (χ1n) is 7.16. The highest BCUT2D eigenvalue weighted by Gasteiger charge is 2.11. The lowest BCUT2D eigenvalue weighted by Gasteiger charge is -2.04. The van der Waals surface area contributed by atoms with E-state index in [1.54, 1.807) is 4.68 Å². The fourth-order valence-corrected chi connectivity index (χ4v) is 2.21. The standard InChI is InChI=1S/C16H22N4O/c1-12-7-4-5-8-13(12)14-11-15(20(3)19-14)18-16(21)9-6-10-17-2/h4-5,7-8,11,17H,6,9-10H2,1-3H3,(H,18,21). The zero-order valence-corrected chi connectivity index (χ0v) is 12.8. The van der Waals surface area contributed by atoms with Gasteiger partial charge in [-0.25, -0.2) is 0 Å². The van der Waals surface area contributed by atoms with E-state index in [4.69, 9.17) is 0 Å². The molecule has 0 radical (unpaired) electrons. The van der Waals surface area contributed by atoms with Gasteiger partial charge in [0.15, 0.2) is 0 Å². The largest absolute Gasteiger partial charge is 0.320 e. The van der Waals surface area contributed by atoms with Crippen LogP contribution in [0.3, 0.4) is 0 Å². The van der Waals surface area contributed by atoms with Gasteiger partial charge in [0.05, 0.1) is 5.69 Å². The molecule has 0 aliphatic carbocycles. The van der Waals surface area contributed by atoms with Crippen LogP contribution in [0.2, 0.25) is 0 Å². The Labute approximate surface area is 125 Å². The van der Waals surface area contributed by atoms with Crippen molar-refractivity contribution < 1.29 is 4.79 Å². The Morgan fingerprint density at radius 2 is 2.10 bits per heavy atom. The van der Waals surface area contributed by atoms with Gasteiger partial charge in [-0.2, -0.15) is 5.10 Å². The Morgan fingerprint density at radius 3 is 2.81 bits per heavy atom. The molecule has 112 valence electrons. The Kier molecular flexibility index (Phi) is 5.11. The number of rotatable bonds is 6. The summed E-state index contributed by atoms with van der Waals surface area (Å²) in [4.78, 5) is 11.9. The van der Waals surface area contributed by atoms with Crippen molar-refractivity contribution in [1.82, 2.24) is 15.1 Å². The minimum Gasteiger partial charge on any atom is -0.320 e. The number of nitrogens with zero attached hydrogens (tertiary/aromatic N) is 2. The number of aromatic nitrogens is 2. The summed E-state index contributed by atoms with van der Waals surface area (Å²) in [7, 11) is 3.72. The van der Waals surface area contributed by atoms with E-state index in [1.165, 1.54) is 5.56 Å². The Bertz CT molecular complexity index is 618. The van der Waals surface area contributed by atoms with Crippen LogP contribution in [-0.2, 0) is 11.8 Å². The van der Waals surface area contributed by atoms with Crippen LogP contribution in [0.25, 0.3) is 11.3 Å². The lowest BCUT2D eigenvalue weighted by atomic mass is 10.1. The SMILES string of the molecule is CNCCCC(=O)Nc1cc(-c2ccccc2C)nn1C. The summed E-state index contributed by atoms with van der Waals surface area (Å²) >= 11 is 0. The Balaban J connectivity index is 2.09. The molecule has 5 heteroatoms. The molecule has 0 fully saturated rings. The Hall–Kier alpha value is -2.14. The van der Waals surface area contributed by atoms with E-state index in [-0.39, 0.29) is 5.91 Å². The molecule has 21 heavy (non-hydrogen) atoms. The van der Waals surface area contributed by atoms with Crippen LogP contribution in [0.15, 0.2) is 30.3 Å². The van der Waals surface area contributed by atoms with E-state index in [2.05, 4.69) is 28.7 Å². The molecular weight excluding hydrogens is 264 g/mol. The predicted molar refractivity (Wildman–Crippen MR) is 85.2 cm³/mol. The van der Waals surface area contributed by atoms with Crippen LogP contribution < -0.4 is 10.6 Å². The quantitative estimate of drug-likeness (QED) is 0.801. The normalized spacial score (nSPS) is 10.6. The highest BCUT2D eigenvalue weighted by Crippen LogP contribution is 2.24. The van der Waals surface area contributed by atoms with E-state index in [1.807, 2.05) is 38.4 Å². The topological polar surface area (TPSA) is 59.0 Å². The molecule has 1 aromatic heterocycles. The van der Waals surface area contributed by atoms with Gasteiger partial charge in [0.25, 0.3) is 0 Å². The third-order valence-corrected chi connectivity index (χ3v) is 3.40. The number of hydrogen-bond donors (Lipinski definition) is 2. The van der Waals surface area contributed by atoms with Crippen LogP contribution in [0.4, 0.5) is 5.82 Å². The molecule has 1 aromatic carbocycles. The second-order valence-corrected chi connectivity index (χ2v) is 5.11. The summed E-state index contributed by atoms with van der Waals surface area (Å²) < 4.78 is 1.71. The van der Waals surface area contributed by atoms with Gasteiger partial charge >= 0.3 is 0 Å². The summed E-state index contributed by atoms with van der Waals surface area (Å²) in [5.41, 5.74) is 3.13. The molecule has 0 saturated heterocycles. The van der Waals surface area contributed by atoms with Gasteiger partial charge in [-0.15, -0.1) is 0 Å². The molecule has 2 rings (SSSR count). The number of benzene rings is 1. The van der Waals surface area contributed by atoms with Crippen molar-refractivity contribution in [3.63, 3.8) is 0 Å². The lowest BCUT2D eigenvalue weighted by Crippen LogP contribution is -2.16. The lowest BCUT2D eigenvalue weighted by molar-refractivity contribution is -0.116. The maximum atomic E-state index is 11.9. The zero-order chi connectivity index (χ0) is 15.2. The monoisotopic (exact) mass is 286 g/mol. The first kappa shape index (κ1) is 15.3. The minimum absolute atomic E-state index is 0.0181. The molecule has 0 aliphatic heterocycles. The number of anilines is 1. The summed E-state index contributed by atoms with van der Waals surface area (Å²) in [6.45, 7) is 2.90. The number of hydrogen-bond acceptors (Lipinski definition) is 3. The number of nitrogens with one attached hydrogen (secondary N) is 2. The van der Waals surface area contributed by atoms with Crippen molar-refractivity contribution in [2.45, 2.75) is 19.8 Å². The van der Waals surface area contributed by atoms with Crippen LogP contribution in [-0.4, -0.2) is 29.3 Å². The summed E-state index contributed by atoms with van der Waals surface area (Å²) in [6, 6.07) is 10.0. The van der Waals surface area contributed by atoms with Crippen molar-refractivity contribution in [2.75, 3.05) is 18.9 Å². The van der Waals surface area contributed by atoms with E-state index >= 15 is 0 Å². The molecular formula is C16H22N4O. The van der Waals surface area contributed by atoms with Crippen molar-refractivity contribution in [3.05, 3.63) is 35.9 Å². The molecule has 5 nitrogen and oxygen atoms in total. The van der Waals surface area contributed by atoms with Crippen molar-refractivity contribution in [3.8, 4) is 11.3 Å². The van der Waals surface area contributed by atoms with Crippen molar-refractivity contribution in [2.24, 2.45) is 7.05 Å². The summed E-state index contributed by atoms with van der Waals surface area (Å²) in [5.74, 6) is 0.743. The van der Waals surface area contributed by atoms with Gasteiger partial charge in [-0.1, -0.05) is 24.3 Å². The van der Waals surface area contributed by atoms with Gasteiger partial charge in [-0.3, -0.25) is 9.48 Å². The van der Waals surface area contributed by atoms with Crippen LogP contribution in [0.5, 0.6) is 0 Å². The van der Waals surface area contributed by atoms with E-state index in [9.17, 15) is 4.79 Å². The fourth-order valence-electron chi connectivity index (χ4n) is 2.21. The maximum Gasteiger partial charge on any atom is 0.225 e. The van der Waals surface area contributed by atoms with E-state index in [0.29, 0.717) is 6.42 Å². The highest BCUT2D eigenvalue weighted by atomic mass is 16.1. The minimum atomic E-state index is 0.0181. The van der Waals surface area contributed by atoms with Crippen LogP contribution >= 0.6 is 0 Å². The number of amides is 1. The van der Waals surface area contributed by atoms with Gasteiger partial charge < -0.3 is 10.6 Å². The van der Waals surface area contributed by atoms with Gasteiger partial charge in [0.1, 0.15) is 5.82 Å². The third kappa shape index (κ3) is 3.92. The highest BCUT2D eigenvalue weighted by molar-refractivity contribution is 5.90. The van der Waals surface area contributed by atoms with Gasteiger partial charge in [-0.05, 0) is 32.5 Å². The second kappa shape index (κ2) is 7.04. The van der Waals surface area contributed by atoms with Gasteiger partial charge in [0.2, 0.25) is 5.91 Å². The molecule has 0 unspecified atom stereocenters. The molecule has 0 saturated carbocycles. The molecule has 0 bridgehead atoms. The molecule has 0 spiro atoms. The summed E-state index contributed by atoms with van der Waals surface area (Å²) in [6.07, 6.45) is 1.33. The Morgan fingerprint density at radius 1 is 1.33 bits per heavy atom. The first-order chi connectivity index (χ1) is 10.1. The maximum absolute atomic E-state index is 11.9. The number of carbonyl (C=O) groups is 1. The third-order valence-electron chi connectivity index (χ3n) is 3.40. The first-order valence-corrected chi connectivity index (χ1v) is 7.16. The summed E-state index contributed by atoms with van der Waals surface area (Å²) in [5, 5.41) is 10.4. The van der Waals surface area contributed by atoms with E-state index < -0.39 is 0 Å². The zero-order valence-electron chi connectivity index (χ0n) is 12.8. The van der Waals surface area contributed by atoms with Crippen molar-refractivity contribution in [1.29, 1.82) is 0 Å². The molecule has 2 aromatic rings. The van der Waals surface area contributed by atoms with Crippen LogP contribution in [0, 0.1) is 6.92 Å². The second-order valence-electron chi connectivity index (χ2n) is 5.11. The van der Waals surface area contributed by atoms with Crippen LogP contribution in [0.1, 0.15) is 18.4 Å². The fraction of sp³-hybridized carbons (Fsp3) is 0.375. The van der Waals surface area contributed by atoms with Crippen molar-refractivity contribution >= 4 is 11.7 Å². The average Bonchev–Trinajstić information content (AvgIpc) is 2.80. The molecule has 0 aliphatic rings. The molecule has 0 atom stereocenters. The molecule has 1 amide bonds. The number of carbonyl (C=O) groups excluding carboxylic acids is 1. The van der Waals surface area contributed by atoms with E-state index in [0.717, 1.165) is 30.0 Å². The average molecular weight is 286 g/mol. The molecule has 2 N–H and O–H groups in total. The van der Waals surface area contributed by atoms with Gasteiger partial charge in [0, 0.05) is 25.1 Å². The number of aryl methyl sites for hydroxylation is 2. The predicted octanol–water partition coefficient (Wildman–Crippen LogP) is 2.33.